The molecule has 0 fully saturated rings. The van der Waals surface area contributed by atoms with Crippen molar-refractivity contribution >= 4 is 46.3 Å². The monoisotopic (exact) mass is 374 g/mol. The first-order valence-corrected chi connectivity index (χ1v) is 9.56. The predicted molar refractivity (Wildman–Crippen MR) is 103 cm³/mol. The average Bonchev–Trinajstić information content (AvgIpc) is 3.03. The standard InChI is InChI=1S/C18H15ClN2OS2/c1-12(22)20-13-6-8-15(9-7-13)23-10-14-11-24-18(21-14)16-4-2-3-5-17(16)19/h2-9,11H,10H2,1H3,(H,20,22). The molecule has 0 aliphatic heterocycles. The van der Waals surface area contributed by atoms with Crippen molar-refractivity contribution < 1.29 is 4.79 Å². The number of carbonyl (C=O) groups excluding carboxylic acids is 1. The summed E-state index contributed by atoms with van der Waals surface area (Å²) in [4.78, 5) is 16.8. The topological polar surface area (TPSA) is 42.0 Å². The number of aromatic nitrogens is 1. The van der Waals surface area contributed by atoms with E-state index in [4.69, 9.17) is 11.6 Å². The van der Waals surface area contributed by atoms with Crippen LogP contribution < -0.4 is 5.32 Å². The Labute approximate surface area is 154 Å². The second-order valence-corrected chi connectivity index (χ2v) is 7.43. The molecule has 0 saturated heterocycles. The molecule has 3 aromatic rings. The molecule has 1 amide bonds. The molecule has 0 unspecified atom stereocenters. The summed E-state index contributed by atoms with van der Waals surface area (Å²) in [6, 6.07) is 15.5. The zero-order valence-electron chi connectivity index (χ0n) is 13.0. The smallest absolute Gasteiger partial charge is 0.221 e. The molecule has 0 aliphatic rings. The lowest BCUT2D eigenvalue weighted by Gasteiger charge is -2.03. The normalized spacial score (nSPS) is 10.6. The lowest BCUT2D eigenvalue weighted by molar-refractivity contribution is -0.114. The van der Waals surface area contributed by atoms with E-state index in [0.29, 0.717) is 0 Å². The van der Waals surface area contributed by atoms with Gasteiger partial charge in [0.05, 0.1) is 10.7 Å². The SMILES string of the molecule is CC(=O)Nc1ccc(SCc2csc(-c3ccccc3Cl)n2)cc1. The number of nitrogens with one attached hydrogen (secondary N) is 1. The number of carbonyl (C=O) groups is 1. The number of amides is 1. The maximum absolute atomic E-state index is 11.0. The summed E-state index contributed by atoms with van der Waals surface area (Å²) in [7, 11) is 0. The van der Waals surface area contributed by atoms with Crippen molar-refractivity contribution in [2.75, 3.05) is 5.32 Å². The van der Waals surface area contributed by atoms with Gasteiger partial charge in [0.25, 0.3) is 0 Å². The van der Waals surface area contributed by atoms with Gasteiger partial charge in [0.1, 0.15) is 5.01 Å². The molecule has 3 rings (SSSR count). The number of thiazole rings is 1. The van der Waals surface area contributed by atoms with Crippen LogP contribution in [0.5, 0.6) is 0 Å². The van der Waals surface area contributed by atoms with E-state index in [-0.39, 0.29) is 5.91 Å². The number of thioether (sulfide) groups is 1. The molecule has 1 N–H and O–H groups in total. The van der Waals surface area contributed by atoms with Crippen molar-refractivity contribution in [3.63, 3.8) is 0 Å². The summed E-state index contributed by atoms with van der Waals surface area (Å²) in [6.45, 7) is 1.50. The molecule has 0 bridgehead atoms. The van der Waals surface area contributed by atoms with Crippen LogP contribution in [-0.2, 0) is 10.5 Å². The summed E-state index contributed by atoms with van der Waals surface area (Å²) >= 11 is 9.54. The first-order valence-electron chi connectivity index (χ1n) is 7.31. The van der Waals surface area contributed by atoms with Crippen molar-refractivity contribution in [3.05, 3.63) is 64.6 Å². The molecule has 6 heteroatoms. The van der Waals surface area contributed by atoms with Crippen molar-refractivity contribution in [3.8, 4) is 10.6 Å². The fraction of sp³-hybridized carbons (Fsp3) is 0.111. The van der Waals surface area contributed by atoms with Crippen LogP contribution in [0.4, 0.5) is 5.69 Å². The molecular weight excluding hydrogens is 360 g/mol. The van der Waals surface area contributed by atoms with Crippen LogP contribution in [0, 0.1) is 0 Å². The average molecular weight is 375 g/mol. The number of halogens is 1. The summed E-state index contributed by atoms with van der Waals surface area (Å²) in [5.41, 5.74) is 2.81. The van der Waals surface area contributed by atoms with Gasteiger partial charge in [0.2, 0.25) is 5.91 Å². The molecule has 0 spiro atoms. The fourth-order valence-electron chi connectivity index (χ4n) is 2.13. The second-order valence-electron chi connectivity index (χ2n) is 5.12. The molecule has 1 heterocycles. The molecule has 0 aliphatic carbocycles. The Balaban J connectivity index is 1.63. The van der Waals surface area contributed by atoms with Gasteiger partial charge in [-0.25, -0.2) is 4.98 Å². The highest BCUT2D eigenvalue weighted by molar-refractivity contribution is 7.98. The third kappa shape index (κ3) is 4.38. The predicted octanol–water partition coefficient (Wildman–Crippen LogP) is 5.71. The molecule has 0 radical (unpaired) electrons. The minimum Gasteiger partial charge on any atom is -0.326 e. The fourth-order valence-corrected chi connectivity index (χ4v) is 4.16. The first kappa shape index (κ1) is 17.0. The van der Waals surface area contributed by atoms with E-state index < -0.39 is 0 Å². The summed E-state index contributed by atoms with van der Waals surface area (Å²) in [6.07, 6.45) is 0. The summed E-state index contributed by atoms with van der Waals surface area (Å²) in [5, 5.41) is 6.49. The third-order valence-electron chi connectivity index (χ3n) is 3.22. The number of hydrogen-bond donors (Lipinski definition) is 1. The highest BCUT2D eigenvalue weighted by atomic mass is 35.5. The Morgan fingerprint density at radius 1 is 1.21 bits per heavy atom. The van der Waals surface area contributed by atoms with E-state index in [0.717, 1.165) is 37.6 Å². The Morgan fingerprint density at radius 3 is 2.67 bits per heavy atom. The van der Waals surface area contributed by atoms with Gasteiger partial charge in [0.15, 0.2) is 0 Å². The Morgan fingerprint density at radius 2 is 1.96 bits per heavy atom. The van der Waals surface area contributed by atoms with Crippen LogP contribution in [-0.4, -0.2) is 10.9 Å². The molecule has 24 heavy (non-hydrogen) atoms. The van der Waals surface area contributed by atoms with E-state index in [1.807, 2.05) is 48.5 Å². The van der Waals surface area contributed by atoms with Gasteiger partial charge in [-0.2, -0.15) is 0 Å². The lowest BCUT2D eigenvalue weighted by Crippen LogP contribution is -2.05. The van der Waals surface area contributed by atoms with Gasteiger partial charge < -0.3 is 5.32 Å². The molecule has 1 aromatic heterocycles. The second kappa shape index (κ2) is 7.83. The Hall–Kier alpha value is -1.82. The van der Waals surface area contributed by atoms with Crippen LogP contribution in [0.2, 0.25) is 5.02 Å². The molecule has 122 valence electrons. The van der Waals surface area contributed by atoms with Crippen LogP contribution >= 0.6 is 34.7 Å². The lowest BCUT2D eigenvalue weighted by atomic mass is 10.2. The molecule has 0 saturated carbocycles. The molecule has 3 nitrogen and oxygen atoms in total. The van der Waals surface area contributed by atoms with Gasteiger partial charge >= 0.3 is 0 Å². The zero-order chi connectivity index (χ0) is 16.9. The van der Waals surface area contributed by atoms with E-state index in [1.165, 1.54) is 6.92 Å². The molecular formula is C18H15ClN2OS2. The number of nitrogens with zero attached hydrogens (tertiary/aromatic N) is 1. The number of hydrogen-bond acceptors (Lipinski definition) is 4. The molecule has 0 atom stereocenters. The number of rotatable bonds is 5. The van der Waals surface area contributed by atoms with E-state index in [2.05, 4.69) is 15.7 Å². The molecule has 2 aromatic carbocycles. The number of anilines is 1. The van der Waals surface area contributed by atoms with Gasteiger partial charge in [-0.15, -0.1) is 23.1 Å². The van der Waals surface area contributed by atoms with Crippen molar-refractivity contribution in [1.82, 2.24) is 4.98 Å². The van der Waals surface area contributed by atoms with Crippen LogP contribution in [0.15, 0.2) is 58.8 Å². The quantitative estimate of drug-likeness (QED) is 0.581. The van der Waals surface area contributed by atoms with Crippen molar-refractivity contribution in [2.45, 2.75) is 17.6 Å². The van der Waals surface area contributed by atoms with Crippen LogP contribution in [0.1, 0.15) is 12.6 Å². The zero-order valence-corrected chi connectivity index (χ0v) is 15.3. The van der Waals surface area contributed by atoms with E-state index in [1.54, 1.807) is 23.1 Å². The number of benzene rings is 2. The van der Waals surface area contributed by atoms with Crippen molar-refractivity contribution in [2.24, 2.45) is 0 Å². The minimum atomic E-state index is -0.0648. The largest absolute Gasteiger partial charge is 0.326 e. The van der Waals surface area contributed by atoms with Crippen LogP contribution in [0.3, 0.4) is 0 Å². The Kier molecular flexibility index (Phi) is 5.56. The first-order chi connectivity index (χ1) is 11.6. The van der Waals surface area contributed by atoms with E-state index in [9.17, 15) is 4.79 Å². The maximum Gasteiger partial charge on any atom is 0.221 e. The van der Waals surface area contributed by atoms with Gasteiger partial charge in [-0.3, -0.25) is 4.79 Å². The minimum absolute atomic E-state index is 0.0648. The van der Waals surface area contributed by atoms with Crippen molar-refractivity contribution in [1.29, 1.82) is 0 Å². The summed E-state index contributed by atoms with van der Waals surface area (Å²) in [5.74, 6) is 0.727. The highest BCUT2D eigenvalue weighted by Crippen LogP contribution is 2.32. The summed E-state index contributed by atoms with van der Waals surface area (Å²) < 4.78 is 0. The Bertz CT molecular complexity index is 846. The van der Waals surface area contributed by atoms with Gasteiger partial charge in [-0.05, 0) is 30.3 Å². The van der Waals surface area contributed by atoms with E-state index >= 15 is 0 Å². The highest BCUT2D eigenvalue weighted by Gasteiger charge is 2.08. The third-order valence-corrected chi connectivity index (χ3v) is 5.52. The van der Waals surface area contributed by atoms with Gasteiger partial charge in [-0.1, -0.05) is 29.8 Å². The van der Waals surface area contributed by atoms with Crippen LogP contribution in [0.25, 0.3) is 10.6 Å². The van der Waals surface area contributed by atoms with Gasteiger partial charge in [0, 0.05) is 34.2 Å². The maximum atomic E-state index is 11.0.